The number of nitriles is 1. The first-order valence-electron chi connectivity index (χ1n) is 9.20. The zero-order valence-corrected chi connectivity index (χ0v) is 18.0. The Morgan fingerprint density at radius 2 is 1.77 bits per heavy atom. The van der Waals surface area contributed by atoms with Crippen molar-refractivity contribution in [3.63, 3.8) is 0 Å². The predicted octanol–water partition coefficient (Wildman–Crippen LogP) is 6.68. The fourth-order valence-corrected chi connectivity index (χ4v) is 3.20. The van der Waals surface area contributed by atoms with Gasteiger partial charge in [-0.05, 0) is 77.4 Å². The van der Waals surface area contributed by atoms with Crippen molar-refractivity contribution in [3.05, 3.63) is 99.5 Å². The summed E-state index contributed by atoms with van der Waals surface area (Å²) in [5.74, 6) is 0.517. The van der Waals surface area contributed by atoms with Crippen LogP contribution in [0.2, 0.25) is 10.0 Å². The standard InChI is InChI=1S/C25H17Cl2NO3/c1-30-22-10-6-18(7-11-22)20(16-28)13-17-3-2-4-23(14-17)31-25(29)12-8-19-5-9-21(26)15-24(19)27/h2-15H,1H3/b12-8+,20-13-. The lowest BCUT2D eigenvalue weighted by Gasteiger charge is -2.05. The summed E-state index contributed by atoms with van der Waals surface area (Å²) < 4.78 is 10.5. The zero-order valence-electron chi connectivity index (χ0n) is 16.5. The van der Waals surface area contributed by atoms with Crippen LogP contribution in [0.3, 0.4) is 0 Å². The largest absolute Gasteiger partial charge is 0.497 e. The molecule has 0 atom stereocenters. The van der Waals surface area contributed by atoms with Crippen LogP contribution in [0.5, 0.6) is 11.5 Å². The van der Waals surface area contributed by atoms with E-state index in [-0.39, 0.29) is 0 Å². The Bertz CT molecular complexity index is 1190. The van der Waals surface area contributed by atoms with Gasteiger partial charge in [0.1, 0.15) is 11.5 Å². The van der Waals surface area contributed by atoms with Crippen molar-refractivity contribution in [2.45, 2.75) is 0 Å². The van der Waals surface area contributed by atoms with E-state index in [9.17, 15) is 10.1 Å². The molecule has 0 heterocycles. The Balaban J connectivity index is 1.74. The van der Waals surface area contributed by atoms with E-state index < -0.39 is 5.97 Å². The smallest absolute Gasteiger partial charge is 0.336 e. The molecule has 3 rings (SSSR count). The van der Waals surface area contributed by atoms with Crippen LogP contribution in [0.4, 0.5) is 0 Å². The van der Waals surface area contributed by atoms with Gasteiger partial charge in [0.25, 0.3) is 0 Å². The van der Waals surface area contributed by atoms with Gasteiger partial charge in [0.05, 0.1) is 18.8 Å². The van der Waals surface area contributed by atoms with Gasteiger partial charge in [-0.3, -0.25) is 0 Å². The molecule has 0 amide bonds. The number of ether oxygens (including phenoxy) is 2. The van der Waals surface area contributed by atoms with Crippen molar-refractivity contribution in [1.82, 2.24) is 0 Å². The molecule has 4 nitrogen and oxygen atoms in total. The van der Waals surface area contributed by atoms with Gasteiger partial charge >= 0.3 is 5.97 Å². The van der Waals surface area contributed by atoms with Crippen LogP contribution in [0.1, 0.15) is 16.7 Å². The summed E-state index contributed by atoms with van der Waals surface area (Å²) in [4.78, 5) is 12.2. The van der Waals surface area contributed by atoms with Crippen LogP contribution in [-0.4, -0.2) is 13.1 Å². The van der Waals surface area contributed by atoms with E-state index in [1.807, 2.05) is 18.2 Å². The maximum atomic E-state index is 12.2. The van der Waals surface area contributed by atoms with Crippen molar-refractivity contribution >= 4 is 46.9 Å². The van der Waals surface area contributed by atoms with Gasteiger partial charge in [-0.2, -0.15) is 5.26 Å². The zero-order chi connectivity index (χ0) is 22.2. The number of esters is 1. The quantitative estimate of drug-likeness (QED) is 0.138. The topological polar surface area (TPSA) is 59.3 Å². The van der Waals surface area contributed by atoms with Crippen LogP contribution < -0.4 is 9.47 Å². The fraction of sp³-hybridized carbons (Fsp3) is 0.0400. The SMILES string of the molecule is COc1ccc(/C(C#N)=C\c2cccc(OC(=O)/C=C/c3ccc(Cl)cc3Cl)c2)cc1. The summed E-state index contributed by atoms with van der Waals surface area (Å²) in [5, 5.41) is 10.5. The number of benzene rings is 3. The minimum absolute atomic E-state index is 0.359. The van der Waals surface area contributed by atoms with Crippen molar-refractivity contribution in [1.29, 1.82) is 5.26 Å². The first-order chi connectivity index (χ1) is 15.0. The lowest BCUT2D eigenvalue weighted by atomic mass is 10.0. The number of carbonyl (C=O) groups is 1. The van der Waals surface area contributed by atoms with Gasteiger partial charge in [-0.15, -0.1) is 0 Å². The monoisotopic (exact) mass is 449 g/mol. The second-order valence-electron chi connectivity index (χ2n) is 6.39. The number of nitrogens with zero attached hydrogens (tertiary/aromatic N) is 1. The summed E-state index contributed by atoms with van der Waals surface area (Å²) in [7, 11) is 1.59. The van der Waals surface area contributed by atoms with Crippen LogP contribution in [-0.2, 0) is 4.79 Å². The summed E-state index contributed by atoms with van der Waals surface area (Å²) in [6, 6.07) is 21.3. The highest BCUT2D eigenvalue weighted by molar-refractivity contribution is 6.35. The van der Waals surface area contributed by atoms with E-state index >= 15 is 0 Å². The van der Waals surface area contributed by atoms with Gasteiger partial charge in [0, 0.05) is 16.1 Å². The molecule has 0 spiro atoms. The van der Waals surface area contributed by atoms with Crippen LogP contribution in [0, 0.1) is 11.3 Å². The molecule has 0 aliphatic carbocycles. The Hall–Kier alpha value is -3.52. The average Bonchev–Trinajstić information content (AvgIpc) is 2.77. The molecule has 0 unspecified atom stereocenters. The normalized spacial score (nSPS) is 11.2. The van der Waals surface area contributed by atoms with Crippen molar-refractivity contribution in [2.24, 2.45) is 0 Å². The van der Waals surface area contributed by atoms with Crippen LogP contribution >= 0.6 is 23.2 Å². The molecule has 0 radical (unpaired) electrons. The van der Waals surface area contributed by atoms with Gasteiger partial charge in [0.2, 0.25) is 0 Å². The molecule has 31 heavy (non-hydrogen) atoms. The van der Waals surface area contributed by atoms with Gasteiger partial charge in [-0.25, -0.2) is 4.79 Å². The molecule has 0 aliphatic heterocycles. The maximum Gasteiger partial charge on any atom is 0.336 e. The molecule has 0 N–H and O–H groups in total. The van der Waals surface area contributed by atoms with Crippen molar-refractivity contribution < 1.29 is 14.3 Å². The predicted molar refractivity (Wildman–Crippen MR) is 124 cm³/mol. The Kier molecular flexibility index (Phi) is 7.50. The number of halogens is 2. The third kappa shape index (κ3) is 6.23. The maximum absolute atomic E-state index is 12.2. The number of rotatable bonds is 6. The van der Waals surface area contributed by atoms with E-state index in [1.54, 1.807) is 67.8 Å². The molecule has 0 saturated heterocycles. The second kappa shape index (κ2) is 10.5. The van der Waals surface area contributed by atoms with Crippen molar-refractivity contribution in [2.75, 3.05) is 7.11 Å². The molecule has 3 aromatic rings. The Morgan fingerprint density at radius 1 is 1.00 bits per heavy atom. The van der Waals surface area contributed by atoms with E-state index in [0.29, 0.717) is 32.7 Å². The number of allylic oxidation sites excluding steroid dienone is 1. The lowest BCUT2D eigenvalue weighted by molar-refractivity contribution is -0.128. The highest BCUT2D eigenvalue weighted by Gasteiger charge is 2.05. The molecule has 0 saturated carbocycles. The Labute approximate surface area is 190 Å². The highest BCUT2D eigenvalue weighted by Crippen LogP contribution is 2.24. The average molecular weight is 450 g/mol. The molecule has 3 aromatic carbocycles. The summed E-state index contributed by atoms with van der Waals surface area (Å²) in [6.07, 6.45) is 4.57. The minimum atomic E-state index is -0.553. The van der Waals surface area contributed by atoms with Crippen LogP contribution in [0.15, 0.2) is 72.8 Å². The highest BCUT2D eigenvalue weighted by atomic mass is 35.5. The molecule has 6 heteroatoms. The molecule has 0 aliphatic rings. The van der Waals surface area contributed by atoms with E-state index in [1.165, 1.54) is 6.08 Å². The summed E-state index contributed by atoms with van der Waals surface area (Å²) >= 11 is 12.0. The van der Waals surface area contributed by atoms with E-state index in [0.717, 1.165) is 11.1 Å². The number of carbonyl (C=O) groups excluding carboxylic acids is 1. The lowest BCUT2D eigenvalue weighted by Crippen LogP contribution is -2.03. The molecule has 0 bridgehead atoms. The minimum Gasteiger partial charge on any atom is -0.497 e. The van der Waals surface area contributed by atoms with Gasteiger partial charge < -0.3 is 9.47 Å². The van der Waals surface area contributed by atoms with E-state index in [2.05, 4.69) is 6.07 Å². The fourth-order valence-electron chi connectivity index (χ4n) is 2.73. The molecule has 0 fully saturated rings. The third-order valence-corrected chi connectivity index (χ3v) is 4.83. The third-order valence-electron chi connectivity index (χ3n) is 4.27. The number of hydrogen-bond donors (Lipinski definition) is 0. The second-order valence-corrected chi connectivity index (χ2v) is 7.23. The number of hydrogen-bond acceptors (Lipinski definition) is 4. The molecular formula is C25H17Cl2NO3. The molecular weight excluding hydrogens is 433 g/mol. The molecule has 0 aromatic heterocycles. The number of methoxy groups -OCH3 is 1. The van der Waals surface area contributed by atoms with E-state index in [4.69, 9.17) is 32.7 Å². The van der Waals surface area contributed by atoms with Gasteiger partial charge in [0.15, 0.2) is 0 Å². The van der Waals surface area contributed by atoms with Crippen LogP contribution in [0.25, 0.3) is 17.7 Å². The van der Waals surface area contributed by atoms with Gasteiger partial charge in [-0.1, -0.05) is 41.4 Å². The summed E-state index contributed by atoms with van der Waals surface area (Å²) in [5.41, 5.74) is 2.61. The van der Waals surface area contributed by atoms with Crippen molar-refractivity contribution in [3.8, 4) is 17.6 Å². The first kappa shape index (κ1) is 22.2. The Morgan fingerprint density at radius 3 is 2.45 bits per heavy atom. The first-order valence-corrected chi connectivity index (χ1v) is 9.95. The summed E-state index contributed by atoms with van der Waals surface area (Å²) in [6.45, 7) is 0. The molecule has 154 valence electrons.